The standard InChI is InChI=1S/C14H11N3O/c1-2-4-12(5-3-1)18-14-7-6-11(10-15-14)13-8-9-16-17-13/h1-10H,(H,16,17). The van der Waals surface area contributed by atoms with Crippen LogP contribution in [0.25, 0.3) is 11.3 Å². The van der Waals surface area contributed by atoms with Crippen molar-refractivity contribution in [2.24, 2.45) is 0 Å². The number of H-pyrrole nitrogens is 1. The summed E-state index contributed by atoms with van der Waals surface area (Å²) in [7, 11) is 0. The van der Waals surface area contributed by atoms with Crippen molar-refractivity contribution in [3.05, 3.63) is 60.9 Å². The van der Waals surface area contributed by atoms with Crippen molar-refractivity contribution in [3.63, 3.8) is 0 Å². The number of ether oxygens (including phenoxy) is 1. The number of nitrogens with one attached hydrogen (secondary N) is 1. The van der Waals surface area contributed by atoms with Crippen LogP contribution in [0.4, 0.5) is 0 Å². The van der Waals surface area contributed by atoms with Crippen LogP contribution in [0.2, 0.25) is 0 Å². The van der Waals surface area contributed by atoms with Crippen LogP contribution in [0, 0.1) is 0 Å². The highest BCUT2D eigenvalue weighted by Gasteiger charge is 2.01. The van der Waals surface area contributed by atoms with Crippen LogP contribution in [-0.4, -0.2) is 15.2 Å². The Kier molecular flexibility index (Phi) is 2.75. The fourth-order valence-electron chi connectivity index (χ4n) is 1.63. The van der Waals surface area contributed by atoms with Crippen molar-refractivity contribution in [3.8, 4) is 22.9 Å². The normalized spacial score (nSPS) is 10.2. The molecular weight excluding hydrogens is 226 g/mol. The first kappa shape index (κ1) is 10.5. The SMILES string of the molecule is c1ccc(Oc2ccc(-c3ccn[nH]3)cn2)cc1. The molecule has 3 aromatic rings. The maximum absolute atomic E-state index is 5.61. The highest BCUT2D eigenvalue weighted by atomic mass is 16.5. The Hall–Kier alpha value is -2.62. The number of para-hydroxylation sites is 1. The van der Waals surface area contributed by atoms with Crippen LogP contribution in [0.5, 0.6) is 11.6 Å². The zero-order valence-electron chi connectivity index (χ0n) is 9.58. The van der Waals surface area contributed by atoms with E-state index < -0.39 is 0 Å². The van der Waals surface area contributed by atoms with Gasteiger partial charge < -0.3 is 4.74 Å². The first-order valence-corrected chi connectivity index (χ1v) is 5.60. The van der Waals surface area contributed by atoms with Gasteiger partial charge >= 0.3 is 0 Å². The van der Waals surface area contributed by atoms with E-state index in [0.717, 1.165) is 17.0 Å². The summed E-state index contributed by atoms with van der Waals surface area (Å²) in [4.78, 5) is 4.26. The molecule has 4 nitrogen and oxygen atoms in total. The molecule has 0 aliphatic heterocycles. The second-order valence-electron chi connectivity index (χ2n) is 3.77. The molecule has 4 heteroatoms. The van der Waals surface area contributed by atoms with Gasteiger partial charge in [0, 0.05) is 24.0 Å². The third kappa shape index (κ3) is 2.22. The maximum Gasteiger partial charge on any atom is 0.219 e. The van der Waals surface area contributed by atoms with E-state index in [2.05, 4.69) is 15.2 Å². The lowest BCUT2D eigenvalue weighted by molar-refractivity contribution is 0.463. The highest BCUT2D eigenvalue weighted by Crippen LogP contribution is 2.21. The van der Waals surface area contributed by atoms with E-state index in [1.165, 1.54) is 0 Å². The Morgan fingerprint density at radius 2 is 1.83 bits per heavy atom. The zero-order chi connectivity index (χ0) is 12.2. The topological polar surface area (TPSA) is 50.8 Å². The Bertz CT molecular complexity index is 603. The Labute approximate surface area is 104 Å². The van der Waals surface area contributed by atoms with Gasteiger partial charge in [0.05, 0.1) is 5.69 Å². The lowest BCUT2D eigenvalue weighted by atomic mass is 10.2. The van der Waals surface area contributed by atoms with Crippen LogP contribution in [0.1, 0.15) is 0 Å². The second kappa shape index (κ2) is 4.71. The van der Waals surface area contributed by atoms with Crippen molar-refractivity contribution in [1.29, 1.82) is 0 Å². The largest absolute Gasteiger partial charge is 0.439 e. The minimum Gasteiger partial charge on any atom is -0.439 e. The maximum atomic E-state index is 5.61. The van der Waals surface area contributed by atoms with Gasteiger partial charge in [-0.05, 0) is 24.3 Å². The molecule has 3 rings (SSSR count). The molecule has 0 amide bonds. The van der Waals surface area contributed by atoms with Crippen molar-refractivity contribution < 1.29 is 4.74 Å². The summed E-state index contributed by atoms with van der Waals surface area (Å²) in [5.41, 5.74) is 1.92. The summed E-state index contributed by atoms with van der Waals surface area (Å²) in [6.07, 6.45) is 3.47. The molecule has 0 radical (unpaired) electrons. The average molecular weight is 237 g/mol. The average Bonchev–Trinajstić information content (AvgIpc) is 2.95. The molecular formula is C14H11N3O. The monoisotopic (exact) mass is 237 g/mol. The molecule has 0 fully saturated rings. The van der Waals surface area contributed by atoms with Crippen LogP contribution in [0.15, 0.2) is 60.9 Å². The molecule has 2 heterocycles. The number of rotatable bonds is 3. The lowest BCUT2D eigenvalue weighted by Crippen LogP contribution is -1.88. The quantitative estimate of drug-likeness (QED) is 0.760. The molecule has 0 bridgehead atoms. The van der Waals surface area contributed by atoms with Gasteiger partial charge in [-0.25, -0.2) is 4.98 Å². The molecule has 0 aliphatic rings. The van der Waals surface area contributed by atoms with Gasteiger partial charge in [0.25, 0.3) is 0 Å². The van der Waals surface area contributed by atoms with Crippen LogP contribution < -0.4 is 4.74 Å². The van der Waals surface area contributed by atoms with Gasteiger partial charge in [-0.1, -0.05) is 18.2 Å². The number of benzene rings is 1. The smallest absolute Gasteiger partial charge is 0.219 e. The zero-order valence-corrected chi connectivity index (χ0v) is 9.58. The first-order valence-electron chi connectivity index (χ1n) is 5.60. The third-order valence-electron chi connectivity index (χ3n) is 2.51. The molecule has 0 atom stereocenters. The Morgan fingerprint density at radius 1 is 0.944 bits per heavy atom. The first-order chi connectivity index (χ1) is 8.92. The minimum absolute atomic E-state index is 0.574. The molecule has 0 unspecified atom stereocenters. The third-order valence-corrected chi connectivity index (χ3v) is 2.51. The molecule has 1 aromatic carbocycles. The Balaban J connectivity index is 1.80. The van der Waals surface area contributed by atoms with E-state index in [4.69, 9.17) is 4.74 Å². The van der Waals surface area contributed by atoms with Gasteiger partial charge in [-0.15, -0.1) is 0 Å². The van der Waals surface area contributed by atoms with Gasteiger partial charge in [0.15, 0.2) is 0 Å². The number of pyridine rings is 1. The second-order valence-corrected chi connectivity index (χ2v) is 3.77. The van der Waals surface area contributed by atoms with Crippen molar-refractivity contribution in [2.75, 3.05) is 0 Å². The molecule has 0 aliphatic carbocycles. The van der Waals surface area contributed by atoms with Crippen LogP contribution in [-0.2, 0) is 0 Å². The molecule has 0 saturated carbocycles. The molecule has 18 heavy (non-hydrogen) atoms. The van der Waals surface area contributed by atoms with E-state index in [1.807, 2.05) is 48.5 Å². The van der Waals surface area contributed by atoms with Gasteiger partial charge in [-0.3, -0.25) is 5.10 Å². The van der Waals surface area contributed by atoms with E-state index in [0.29, 0.717) is 5.88 Å². The molecule has 2 aromatic heterocycles. The number of hydrogen-bond acceptors (Lipinski definition) is 3. The Morgan fingerprint density at radius 3 is 2.50 bits per heavy atom. The fraction of sp³-hybridized carbons (Fsp3) is 0. The van der Waals surface area contributed by atoms with Crippen LogP contribution >= 0.6 is 0 Å². The van der Waals surface area contributed by atoms with Crippen molar-refractivity contribution >= 4 is 0 Å². The van der Waals surface area contributed by atoms with E-state index >= 15 is 0 Å². The summed E-state index contributed by atoms with van der Waals surface area (Å²) >= 11 is 0. The van der Waals surface area contributed by atoms with E-state index in [1.54, 1.807) is 12.4 Å². The highest BCUT2D eigenvalue weighted by molar-refractivity contribution is 5.57. The summed E-state index contributed by atoms with van der Waals surface area (Å²) in [6.45, 7) is 0. The van der Waals surface area contributed by atoms with Crippen molar-refractivity contribution in [2.45, 2.75) is 0 Å². The van der Waals surface area contributed by atoms with Gasteiger partial charge in [0.1, 0.15) is 5.75 Å². The summed E-state index contributed by atoms with van der Waals surface area (Å²) in [6, 6.07) is 15.3. The molecule has 0 spiro atoms. The lowest BCUT2D eigenvalue weighted by Gasteiger charge is -2.04. The van der Waals surface area contributed by atoms with Crippen molar-refractivity contribution in [1.82, 2.24) is 15.2 Å². The molecule has 0 saturated heterocycles. The number of aromatic amines is 1. The predicted octanol–water partition coefficient (Wildman–Crippen LogP) is 3.26. The van der Waals surface area contributed by atoms with Gasteiger partial charge in [-0.2, -0.15) is 5.10 Å². The van der Waals surface area contributed by atoms with E-state index in [-0.39, 0.29) is 0 Å². The van der Waals surface area contributed by atoms with E-state index in [9.17, 15) is 0 Å². The number of nitrogens with zero attached hydrogens (tertiary/aromatic N) is 2. The minimum atomic E-state index is 0.574. The number of aromatic nitrogens is 3. The molecule has 1 N–H and O–H groups in total. The molecule has 88 valence electrons. The summed E-state index contributed by atoms with van der Waals surface area (Å²) in [5, 5.41) is 6.80. The fourth-order valence-corrected chi connectivity index (χ4v) is 1.63. The number of hydrogen-bond donors (Lipinski definition) is 1. The summed E-state index contributed by atoms with van der Waals surface area (Å²) < 4.78 is 5.61. The predicted molar refractivity (Wildman–Crippen MR) is 68.3 cm³/mol. The van der Waals surface area contributed by atoms with Gasteiger partial charge in [0.2, 0.25) is 5.88 Å². The summed E-state index contributed by atoms with van der Waals surface area (Å²) in [5.74, 6) is 1.35. The van der Waals surface area contributed by atoms with Crippen LogP contribution in [0.3, 0.4) is 0 Å².